The van der Waals surface area contributed by atoms with Gasteiger partial charge in [-0.1, -0.05) is 0 Å². The summed E-state index contributed by atoms with van der Waals surface area (Å²) in [6, 6.07) is 5.53. The lowest BCUT2D eigenvalue weighted by Crippen LogP contribution is -2.46. The molecule has 1 spiro atoms. The maximum Gasteiger partial charge on any atom is 0.341 e. The van der Waals surface area contributed by atoms with Crippen LogP contribution >= 0.6 is 0 Å². The highest BCUT2D eigenvalue weighted by Crippen LogP contribution is 2.49. The Morgan fingerprint density at radius 2 is 2.04 bits per heavy atom. The third-order valence-corrected chi connectivity index (χ3v) is 5.95. The lowest BCUT2D eigenvalue weighted by atomic mass is 9.69. The van der Waals surface area contributed by atoms with Gasteiger partial charge in [-0.3, -0.25) is 4.79 Å². The van der Waals surface area contributed by atoms with E-state index < -0.39 is 11.4 Å². The van der Waals surface area contributed by atoms with E-state index in [4.69, 9.17) is 9.47 Å². The Morgan fingerprint density at radius 3 is 2.61 bits per heavy atom. The summed E-state index contributed by atoms with van der Waals surface area (Å²) in [7, 11) is 1.62. The second-order valence-corrected chi connectivity index (χ2v) is 8.05. The van der Waals surface area contributed by atoms with Crippen molar-refractivity contribution in [3.63, 3.8) is 0 Å². The number of carbonyl (C=O) groups is 1. The van der Waals surface area contributed by atoms with Crippen LogP contribution in [-0.4, -0.2) is 28.9 Å². The number of ether oxygens (including phenoxy) is 2. The standard InChI is InChI=1S/C22H25NO5/c1-13(2)28-12-15-7-14-10-22(5-4-6-22)23-11-17(21(25)26)19(24)9-18(23)16(14)8-20(15)27-3/h7-9,11,13H,4-6,10,12H2,1-3H3,(H,25,26). The van der Waals surface area contributed by atoms with Gasteiger partial charge in [-0.15, -0.1) is 0 Å². The molecule has 0 bridgehead atoms. The van der Waals surface area contributed by atoms with Crippen molar-refractivity contribution in [2.45, 2.75) is 57.8 Å². The number of benzene rings is 1. The fraction of sp³-hybridized carbons (Fsp3) is 0.455. The molecule has 6 nitrogen and oxygen atoms in total. The molecule has 148 valence electrons. The number of aromatic carboxylic acids is 1. The molecular weight excluding hydrogens is 358 g/mol. The van der Waals surface area contributed by atoms with E-state index in [0.717, 1.165) is 48.1 Å². The predicted octanol–water partition coefficient (Wildman–Crippen LogP) is 3.58. The van der Waals surface area contributed by atoms with Crippen LogP contribution in [0.15, 0.2) is 29.2 Å². The monoisotopic (exact) mass is 383 g/mol. The Kier molecular flexibility index (Phi) is 4.54. The largest absolute Gasteiger partial charge is 0.496 e. The van der Waals surface area contributed by atoms with Gasteiger partial charge in [0.2, 0.25) is 0 Å². The van der Waals surface area contributed by atoms with Crippen molar-refractivity contribution in [3.8, 4) is 17.0 Å². The zero-order valence-electron chi connectivity index (χ0n) is 16.4. The van der Waals surface area contributed by atoms with Gasteiger partial charge in [0.25, 0.3) is 0 Å². The van der Waals surface area contributed by atoms with Gasteiger partial charge in [0.15, 0.2) is 5.43 Å². The van der Waals surface area contributed by atoms with Gasteiger partial charge in [-0.2, -0.15) is 0 Å². The highest BCUT2D eigenvalue weighted by atomic mass is 16.5. The fourth-order valence-corrected chi connectivity index (χ4v) is 4.36. The molecule has 0 radical (unpaired) electrons. The number of fused-ring (bicyclic) bond motifs is 4. The van der Waals surface area contributed by atoms with E-state index in [1.165, 1.54) is 12.3 Å². The summed E-state index contributed by atoms with van der Waals surface area (Å²) in [6.45, 7) is 4.46. The lowest BCUT2D eigenvalue weighted by Gasteiger charge is -2.49. The minimum atomic E-state index is -1.18. The summed E-state index contributed by atoms with van der Waals surface area (Å²) in [5.41, 5.74) is 3.06. The van der Waals surface area contributed by atoms with Crippen molar-refractivity contribution in [1.82, 2.24) is 4.57 Å². The van der Waals surface area contributed by atoms with E-state index in [1.54, 1.807) is 7.11 Å². The second kappa shape index (κ2) is 6.78. The molecule has 0 unspecified atom stereocenters. The van der Waals surface area contributed by atoms with Crippen molar-refractivity contribution in [2.24, 2.45) is 0 Å². The van der Waals surface area contributed by atoms with Crippen molar-refractivity contribution >= 4 is 5.97 Å². The fourth-order valence-electron chi connectivity index (χ4n) is 4.36. The Morgan fingerprint density at radius 1 is 1.29 bits per heavy atom. The highest BCUT2D eigenvalue weighted by molar-refractivity contribution is 5.88. The van der Waals surface area contributed by atoms with Crippen molar-refractivity contribution in [2.75, 3.05) is 7.11 Å². The minimum absolute atomic E-state index is 0.118. The SMILES string of the molecule is COc1cc2c(cc1COC(C)C)CC1(CCC1)n1cc(C(=O)O)c(=O)cc1-2. The topological polar surface area (TPSA) is 77.8 Å². The molecule has 2 heterocycles. The van der Waals surface area contributed by atoms with Gasteiger partial charge in [-0.05, 0) is 57.2 Å². The van der Waals surface area contributed by atoms with Crippen LogP contribution in [0.4, 0.5) is 0 Å². The molecule has 1 aromatic carbocycles. The Labute approximate surface area is 163 Å². The third kappa shape index (κ3) is 2.92. The molecule has 1 aromatic heterocycles. The minimum Gasteiger partial charge on any atom is -0.496 e. The van der Waals surface area contributed by atoms with Crippen molar-refractivity contribution in [1.29, 1.82) is 0 Å². The molecule has 4 rings (SSSR count). The number of hydrogen-bond donors (Lipinski definition) is 1. The normalized spacial score (nSPS) is 16.4. The number of methoxy groups -OCH3 is 1. The number of carboxylic acid groups (broad SMARTS) is 1. The van der Waals surface area contributed by atoms with Crippen LogP contribution in [0.5, 0.6) is 5.75 Å². The van der Waals surface area contributed by atoms with Crippen molar-refractivity contribution in [3.05, 3.63) is 51.3 Å². The molecule has 0 amide bonds. The molecular formula is C22H25NO5. The van der Waals surface area contributed by atoms with Gasteiger partial charge >= 0.3 is 5.97 Å². The molecule has 0 atom stereocenters. The van der Waals surface area contributed by atoms with Crippen LogP contribution in [0.25, 0.3) is 11.3 Å². The molecule has 2 aliphatic rings. The molecule has 2 aromatic rings. The number of rotatable bonds is 5. The molecule has 0 saturated heterocycles. The molecule has 6 heteroatoms. The molecule has 1 saturated carbocycles. The molecule has 1 aliphatic carbocycles. The van der Waals surface area contributed by atoms with Crippen LogP contribution in [-0.2, 0) is 23.3 Å². The first kappa shape index (κ1) is 18.7. The summed E-state index contributed by atoms with van der Waals surface area (Å²) < 4.78 is 13.4. The van der Waals surface area contributed by atoms with Gasteiger partial charge in [0, 0.05) is 28.9 Å². The molecule has 28 heavy (non-hydrogen) atoms. The lowest BCUT2D eigenvalue weighted by molar-refractivity contribution is 0.0642. The summed E-state index contributed by atoms with van der Waals surface area (Å²) in [5.74, 6) is -0.468. The number of hydrogen-bond acceptors (Lipinski definition) is 4. The van der Waals surface area contributed by atoms with Crippen LogP contribution in [0.2, 0.25) is 0 Å². The van der Waals surface area contributed by atoms with Crippen LogP contribution in [0, 0.1) is 0 Å². The smallest absolute Gasteiger partial charge is 0.341 e. The van der Waals surface area contributed by atoms with Gasteiger partial charge in [0.05, 0.1) is 25.5 Å². The number of aromatic nitrogens is 1. The summed E-state index contributed by atoms with van der Waals surface area (Å²) in [4.78, 5) is 23.9. The van der Waals surface area contributed by atoms with Crippen molar-refractivity contribution < 1.29 is 19.4 Å². The molecule has 1 N–H and O–H groups in total. The van der Waals surface area contributed by atoms with Crippen LogP contribution in [0.3, 0.4) is 0 Å². The van der Waals surface area contributed by atoms with Gasteiger partial charge < -0.3 is 19.1 Å². The highest BCUT2D eigenvalue weighted by Gasteiger charge is 2.43. The van der Waals surface area contributed by atoms with E-state index >= 15 is 0 Å². The van der Waals surface area contributed by atoms with Crippen LogP contribution in [0.1, 0.15) is 54.6 Å². The van der Waals surface area contributed by atoms with E-state index in [9.17, 15) is 14.7 Å². The Balaban J connectivity index is 1.89. The zero-order chi connectivity index (χ0) is 20.1. The molecule has 1 fully saturated rings. The van der Waals surface area contributed by atoms with Crippen LogP contribution < -0.4 is 10.2 Å². The third-order valence-electron chi connectivity index (χ3n) is 5.95. The van der Waals surface area contributed by atoms with E-state index in [1.807, 2.05) is 24.5 Å². The maximum absolute atomic E-state index is 12.4. The average Bonchev–Trinajstić information content (AvgIpc) is 2.62. The number of carboxylic acids is 1. The maximum atomic E-state index is 12.4. The number of nitrogens with zero attached hydrogens (tertiary/aromatic N) is 1. The van der Waals surface area contributed by atoms with E-state index in [0.29, 0.717) is 12.4 Å². The summed E-state index contributed by atoms with van der Waals surface area (Å²) >= 11 is 0. The zero-order valence-corrected chi connectivity index (χ0v) is 16.4. The summed E-state index contributed by atoms with van der Waals surface area (Å²) in [6.07, 6.45) is 5.52. The van der Waals surface area contributed by atoms with E-state index in [2.05, 4.69) is 6.07 Å². The van der Waals surface area contributed by atoms with Gasteiger partial charge in [0.1, 0.15) is 11.3 Å². The average molecular weight is 383 g/mol. The first-order chi connectivity index (χ1) is 13.3. The second-order valence-electron chi connectivity index (χ2n) is 8.05. The summed E-state index contributed by atoms with van der Waals surface area (Å²) in [5, 5.41) is 9.40. The number of pyridine rings is 1. The van der Waals surface area contributed by atoms with Gasteiger partial charge in [-0.25, -0.2) is 4.79 Å². The quantitative estimate of drug-likeness (QED) is 0.854. The Hall–Kier alpha value is -2.60. The first-order valence-corrected chi connectivity index (χ1v) is 9.67. The first-order valence-electron chi connectivity index (χ1n) is 9.67. The molecule has 1 aliphatic heterocycles. The predicted molar refractivity (Wildman–Crippen MR) is 105 cm³/mol. The Bertz CT molecular complexity index is 1000. The van der Waals surface area contributed by atoms with E-state index in [-0.39, 0.29) is 17.2 Å².